The van der Waals surface area contributed by atoms with Crippen LogP contribution in [0.1, 0.15) is 21.8 Å². The van der Waals surface area contributed by atoms with Crippen molar-refractivity contribution in [2.45, 2.75) is 13.1 Å². The quantitative estimate of drug-likeness (QED) is 0.761. The largest absolute Gasteiger partial charge is 0.433 e. The second-order valence-electron chi connectivity index (χ2n) is 4.58. The summed E-state index contributed by atoms with van der Waals surface area (Å²) >= 11 is 0. The molecule has 0 aliphatic heterocycles. The predicted octanol–water partition coefficient (Wildman–Crippen LogP) is 3.13. The van der Waals surface area contributed by atoms with Crippen LogP contribution >= 0.6 is 0 Å². The number of furan rings is 1. The van der Waals surface area contributed by atoms with Crippen molar-refractivity contribution in [1.29, 1.82) is 0 Å². The van der Waals surface area contributed by atoms with Crippen molar-refractivity contribution in [3.63, 3.8) is 0 Å². The van der Waals surface area contributed by atoms with Gasteiger partial charge in [-0.15, -0.1) is 0 Å². The van der Waals surface area contributed by atoms with Crippen molar-refractivity contribution >= 4 is 22.7 Å². The van der Waals surface area contributed by atoms with Crippen molar-refractivity contribution in [3.8, 4) is 0 Å². The highest BCUT2D eigenvalue weighted by atomic mass is 19.4. The van der Waals surface area contributed by atoms with Gasteiger partial charge in [0.2, 0.25) is 5.71 Å². The van der Waals surface area contributed by atoms with Crippen LogP contribution < -0.4 is 5.32 Å². The molecular weight excluding hydrogens is 301 g/mol. The normalized spacial score (nSPS) is 11.8. The molecular formula is C13H9F3N4O2. The summed E-state index contributed by atoms with van der Waals surface area (Å²) in [5, 5.41) is 8.31. The summed E-state index contributed by atoms with van der Waals surface area (Å²) in [6.07, 6.45) is -1.79. The highest BCUT2D eigenvalue weighted by Gasteiger charge is 2.34. The van der Waals surface area contributed by atoms with Crippen molar-refractivity contribution in [1.82, 2.24) is 15.2 Å². The predicted molar refractivity (Wildman–Crippen MR) is 70.3 cm³/mol. The maximum Gasteiger partial charge on any atom is 0.417 e. The average Bonchev–Trinajstić information content (AvgIpc) is 3.05. The van der Waals surface area contributed by atoms with E-state index in [1.165, 1.54) is 19.3 Å². The standard InChI is InChI=1S/C13H9F3N4O2/c1-6-2-9(13(14,15)16)8-3-10(22-12(8)19-6)11(21)20-7-4-17-18-5-7/h2-5H,1H3,(H,17,18)(H,20,21). The molecule has 114 valence electrons. The lowest BCUT2D eigenvalue weighted by atomic mass is 10.1. The van der Waals surface area contributed by atoms with Crippen molar-refractivity contribution in [2.24, 2.45) is 0 Å². The monoisotopic (exact) mass is 310 g/mol. The molecule has 22 heavy (non-hydrogen) atoms. The number of hydrogen-bond donors (Lipinski definition) is 2. The molecule has 0 bridgehead atoms. The van der Waals surface area contributed by atoms with Crippen LogP contribution in [0.4, 0.5) is 18.9 Å². The lowest BCUT2D eigenvalue weighted by Crippen LogP contribution is -2.10. The number of hydrogen-bond acceptors (Lipinski definition) is 4. The third kappa shape index (κ3) is 2.52. The summed E-state index contributed by atoms with van der Waals surface area (Å²) in [6, 6.07) is 1.94. The number of aromatic amines is 1. The van der Waals surface area contributed by atoms with E-state index in [1.807, 2.05) is 0 Å². The molecule has 0 saturated carbocycles. The zero-order valence-electron chi connectivity index (χ0n) is 11.2. The van der Waals surface area contributed by atoms with E-state index in [-0.39, 0.29) is 22.6 Å². The van der Waals surface area contributed by atoms with Gasteiger partial charge in [0.1, 0.15) is 0 Å². The number of anilines is 1. The summed E-state index contributed by atoms with van der Waals surface area (Å²) < 4.78 is 44.2. The highest BCUT2D eigenvalue weighted by Crippen LogP contribution is 2.36. The molecule has 9 heteroatoms. The third-order valence-electron chi connectivity index (χ3n) is 2.92. The first kappa shape index (κ1) is 14.1. The van der Waals surface area contributed by atoms with Gasteiger partial charge in [-0.25, -0.2) is 4.98 Å². The molecule has 1 amide bonds. The number of halogens is 3. The number of nitrogens with zero attached hydrogens (tertiary/aromatic N) is 2. The summed E-state index contributed by atoms with van der Waals surface area (Å²) in [5.41, 5.74) is -0.604. The fourth-order valence-corrected chi connectivity index (χ4v) is 1.99. The zero-order valence-corrected chi connectivity index (χ0v) is 11.2. The topological polar surface area (TPSA) is 83.8 Å². The number of amides is 1. The zero-order chi connectivity index (χ0) is 15.9. The van der Waals surface area contributed by atoms with Gasteiger partial charge in [0.25, 0.3) is 5.91 Å². The van der Waals surface area contributed by atoms with Gasteiger partial charge in [-0.3, -0.25) is 9.89 Å². The number of rotatable bonds is 2. The summed E-state index contributed by atoms with van der Waals surface area (Å²) in [5.74, 6) is -0.954. The molecule has 0 spiro atoms. The number of carbonyl (C=O) groups is 1. The van der Waals surface area contributed by atoms with Crippen LogP contribution in [0.3, 0.4) is 0 Å². The number of alkyl halides is 3. The van der Waals surface area contributed by atoms with E-state index >= 15 is 0 Å². The molecule has 0 unspecified atom stereocenters. The van der Waals surface area contributed by atoms with E-state index in [0.29, 0.717) is 5.69 Å². The Morgan fingerprint density at radius 2 is 2.14 bits per heavy atom. The molecule has 3 rings (SSSR count). The number of nitrogens with one attached hydrogen (secondary N) is 2. The van der Waals surface area contributed by atoms with Crippen LogP contribution in [0, 0.1) is 6.92 Å². The van der Waals surface area contributed by atoms with Crippen LogP contribution in [0.15, 0.2) is 28.9 Å². The molecule has 3 aromatic heterocycles. The maximum atomic E-state index is 13.0. The number of H-pyrrole nitrogens is 1. The lowest BCUT2D eigenvalue weighted by Gasteiger charge is -2.07. The third-order valence-corrected chi connectivity index (χ3v) is 2.92. The minimum absolute atomic E-state index is 0.149. The SMILES string of the molecule is Cc1cc(C(F)(F)F)c2cc(C(=O)Nc3cn[nH]c3)oc2n1. The van der Waals surface area contributed by atoms with E-state index in [0.717, 1.165) is 12.1 Å². The Labute approximate surface area is 121 Å². The summed E-state index contributed by atoms with van der Waals surface area (Å²) in [7, 11) is 0. The van der Waals surface area contributed by atoms with Gasteiger partial charge in [-0.2, -0.15) is 18.3 Å². The molecule has 3 heterocycles. The van der Waals surface area contributed by atoms with Gasteiger partial charge in [-0.05, 0) is 19.1 Å². The van der Waals surface area contributed by atoms with Crippen LogP contribution in [-0.4, -0.2) is 21.1 Å². The lowest BCUT2D eigenvalue weighted by molar-refractivity contribution is -0.136. The molecule has 2 N–H and O–H groups in total. The van der Waals surface area contributed by atoms with E-state index in [9.17, 15) is 18.0 Å². The van der Waals surface area contributed by atoms with Crippen molar-refractivity contribution < 1.29 is 22.4 Å². The second kappa shape index (κ2) is 4.86. The Hall–Kier alpha value is -2.84. The molecule has 0 aromatic carbocycles. The smallest absolute Gasteiger partial charge is 0.417 e. The van der Waals surface area contributed by atoms with Gasteiger partial charge in [0.05, 0.1) is 22.8 Å². The fraction of sp³-hybridized carbons (Fsp3) is 0.154. The molecule has 0 aliphatic rings. The number of aryl methyl sites for hydroxylation is 1. The second-order valence-corrected chi connectivity index (χ2v) is 4.58. The maximum absolute atomic E-state index is 13.0. The number of fused-ring (bicyclic) bond motifs is 1. The average molecular weight is 310 g/mol. The van der Waals surface area contributed by atoms with Gasteiger partial charge in [0.15, 0.2) is 5.76 Å². The molecule has 0 atom stereocenters. The van der Waals surface area contributed by atoms with Crippen LogP contribution in [0.5, 0.6) is 0 Å². The van der Waals surface area contributed by atoms with E-state index in [1.54, 1.807) is 0 Å². The minimum atomic E-state index is -4.56. The first-order chi connectivity index (χ1) is 10.3. The fourth-order valence-electron chi connectivity index (χ4n) is 1.99. The van der Waals surface area contributed by atoms with Crippen molar-refractivity contribution in [2.75, 3.05) is 5.32 Å². The van der Waals surface area contributed by atoms with Gasteiger partial charge >= 0.3 is 6.18 Å². The Morgan fingerprint density at radius 3 is 2.77 bits per heavy atom. The van der Waals surface area contributed by atoms with Crippen LogP contribution in [-0.2, 0) is 6.18 Å². The Balaban J connectivity index is 2.04. The van der Waals surface area contributed by atoms with Crippen LogP contribution in [0.2, 0.25) is 0 Å². The highest BCUT2D eigenvalue weighted by molar-refractivity contribution is 6.04. The van der Waals surface area contributed by atoms with Gasteiger partial charge in [0, 0.05) is 11.9 Å². The number of aromatic nitrogens is 3. The van der Waals surface area contributed by atoms with E-state index in [4.69, 9.17) is 4.42 Å². The molecule has 0 aliphatic carbocycles. The molecule has 0 fully saturated rings. The van der Waals surface area contributed by atoms with Crippen molar-refractivity contribution in [3.05, 3.63) is 41.5 Å². The molecule has 6 nitrogen and oxygen atoms in total. The van der Waals surface area contributed by atoms with E-state index < -0.39 is 17.6 Å². The first-order valence-corrected chi connectivity index (χ1v) is 6.13. The molecule has 0 saturated heterocycles. The summed E-state index contributed by atoms with van der Waals surface area (Å²) in [4.78, 5) is 15.9. The van der Waals surface area contributed by atoms with Crippen LogP contribution in [0.25, 0.3) is 11.1 Å². The summed E-state index contributed by atoms with van der Waals surface area (Å²) in [6.45, 7) is 1.42. The number of carbonyl (C=O) groups excluding carboxylic acids is 1. The van der Waals surface area contributed by atoms with E-state index in [2.05, 4.69) is 20.5 Å². The molecule has 0 radical (unpaired) electrons. The molecule has 3 aromatic rings. The first-order valence-electron chi connectivity index (χ1n) is 6.13. The Bertz CT molecular complexity index is 837. The Morgan fingerprint density at radius 1 is 1.36 bits per heavy atom. The minimum Gasteiger partial charge on any atom is -0.433 e. The number of pyridine rings is 1. The van der Waals surface area contributed by atoms with Gasteiger partial charge < -0.3 is 9.73 Å². The van der Waals surface area contributed by atoms with Gasteiger partial charge in [-0.1, -0.05) is 0 Å². The Kier molecular flexibility index (Phi) is 3.12.